The van der Waals surface area contributed by atoms with E-state index in [-0.39, 0.29) is 0 Å². The van der Waals surface area contributed by atoms with Gasteiger partial charge in [-0.05, 0) is 73.5 Å². The van der Waals surface area contributed by atoms with Crippen LogP contribution in [0.15, 0.2) is 152 Å². The molecule has 0 fully saturated rings. The van der Waals surface area contributed by atoms with E-state index in [2.05, 4.69) is 133 Å². The van der Waals surface area contributed by atoms with Crippen LogP contribution in [-0.4, -0.2) is 15.0 Å². The molecule has 8 aromatic rings. The predicted octanol–water partition coefficient (Wildman–Crippen LogP) is 10.4. The van der Waals surface area contributed by atoms with Crippen LogP contribution >= 0.6 is 0 Å². The number of aromatic nitrogens is 3. The number of hydrogen-bond donors (Lipinski definition) is 0. The van der Waals surface area contributed by atoms with Crippen LogP contribution in [0.1, 0.15) is 11.1 Å². The molecule has 3 nitrogen and oxygen atoms in total. The Kier molecular flexibility index (Phi) is 5.88. The monoisotopic (exact) mass is 573 g/mol. The van der Waals surface area contributed by atoms with Gasteiger partial charge in [-0.15, -0.1) is 0 Å². The summed E-state index contributed by atoms with van der Waals surface area (Å²) in [5.41, 5.74) is 10.6. The van der Waals surface area contributed by atoms with E-state index in [1.165, 1.54) is 44.0 Å². The molecule has 0 saturated heterocycles. The van der Waals surface area contributed by atoms with Crippen LogP contribution in [0.3, 0.4) is 0 Å². The lowest BCUT2D eigenvalue weighted by molar-refractivity contribution is 1.07. The minimum absolute atomic E-state index is 0.664. The van der Waals surface area contributed by atoms with Crippen LogP contribution < -0.4 is 0 Å². The third kappa shape index (κ3) is 4.40. The molecule has 1 aliphatic rings. The van der Waals surface area contributed by atoms with Gasteiger partial charge in [0.25, 0.3) is 0 Å². The number of fused-ring (bicyclic) bond motifs is 6. The van der Waals surface area contributed by atoms with Crippen molar-refractivity contribution < 1.29 is 0 Å². The molecule has 210 valence electrons. The number of benzene rings is 7. The largest absolute Gasteiger partial charge is 0.208 e. The molecule has 0 amide bonds. The first-order valence-corrected chi connectivity index (χ1v) is 15.3. The van der Waals surface area contributed by atoms with Gasteiger partial charge in [0.2, 0.25) is 0 Å². The molecule has 1 heterocycles. The smallest absolute Gasteiger partial charge is 0.164 e. The van der Waals surface area contributed by atoms with Crippen LogP contribution in [-0.2, 0) is 6.42 Å². The molecule has 1 aliphatic carbocycles. The Balaban J connectivity index is 1.20. The lowest BCUT2D eigenvalue weighted by atomic mass is 9.93. The standard InChI is InChI=1S/C42H27N3/c1-2-11-29(12-3-1)40-43-41(30-21-18-28(19-22-30)32-23-20-27-10-4-5-13-31(27)24-32)45-42(44-40)38-26-34-25-33-14-6-7-15-35(33)39(34)37-17-9-8-16-36(37)38/h1-24,26H,25H2. The molecule has 0 saturated carbocycles. The molecular formula is C42H27N3. The Labute approximate surface area is 261 Å². The van der Waals surface area contributed by atoms with Gasteiger partial charge in [-0.1, -0.05) is 140 Å². The van der Waals surface area contributed by atoms with E-state index < -0.39 is 0 Å². The summed E-state index contributed by atoms with van der Waals surface area (Å²) < 4.78 is 0. The Hall–Kier alpha value is -5.93. The topological polar surface area (TPSA) is 38.7 Å². The van der Waals surface area contributed by atoms with Crippen LogP contribution in [0, 0.1) is 0 Å². The fourth-order valence-corrected chi connectivity index (χ4v) is 6.72. The zero-order valence-corrected chi connectivity index (χ0v) is 24.5. The second-order valence-electron chi connectivity index (χ2n) is 11.6. The summed E-state index contributed by atoms with van der Waals surface area (Å²) in [7, 11) is 0. The minimum Gasteiger partial charge on any atom is -0.208 e. The molecule has 3 heteroatoms. The average molecular weight is 574 g/mol. The summed E-state index contributed by atoms with van der Waals surface area (Å²) in [6, 6.07) is 53.5. The second kappa shape index (κ2) is 10.4. The van der Waals surface area contributed by atoms with E-state index in [4.69, 9.17) is 15.0 Å². The van der Waals surface area contributed by atoms with Crippen LogP contribution in [0.4, 0.5) is 0 Å². The van der Waals surface area contributed by atoms with Crippen molar-refractivity contribution in [2.75, 3.05) is 0 Å². The highest BCUT2D eigenvalue weighted by atomic mass is 15.0. The molecule has 1 aromatic heterocycles. The maximum Gasteiger partial charge on any atom is 0.164 e. The fraction of sp³-hybridized carbons (Fsp3) is 0.0238. The lowest BCUT2D eigenvalue weighted by Gasteiger charge is -2.14. The van der Waals surface area contributed by atoms with Gasteiger partial charge in [-0.25, -0.2) is 15.0 Å². The number of hydrogen-bond acceptors (Lipinski definition) is 3. The van der Waals surface area contributed by atoms with Crippen molar-refractivity contribution in [1.29, 1.82) is 0 Å². The summed E-state index contributed by atoms with van der Waals surface area (Å²) in [5, 5.41) is 4.86. The predicted molar refractivity (Wildman–Crippen MR) is 185 cm³/mol. The van der Waals surface area contributed by atoms with E-state index in [9.17, 15) is 0 Å². The highest BCUT2D eigenvalue weighted by Crippen LogP contribution is 2.44. The zero-order valence-electron chi connectivity index (χ0n) is 24.5. The van der Waals surface area contributed by atoms with Gasteiger partial charge in [-0.2, -0.15) is 0 Å². The highest BCUT2D eigenvalue weighted by Gasteiger charge is 2.24. The maximum absolute atomic E-state index is 5.15. The summed E-state index contributed by atoms with van der Waals surface area (Å²) in [6.45, 7) is 0. The van der Waals surface area contributed by atoms with Gasteiger partial charge < -0.3 is 0 Å². The summed E-state index contributed by atoms with van der Waals surface area (Å²) in [4.78, 5) is 15.2. The SMILES string of the molecule is c1ccc(-c2nc(-c3ccc(-c4ccc5ccccc5c4)cc3)nc(-c3cc4c(c5ccccc35)-c3ccccc3C4)n2)cc1. The molecule has 45 heavy (non-hydrogen) atoms. The van der Waals surface area contributed by atoms with Crippen molar-refractivity contribution in [3.63, 3.8) is 0 Å². The van der Waals surface area contributed by atoms with E-state index in [1.807, 2.05) is 18.2 Å². The molecular weight excluding hydrogens is 546 g/mol. The van der Waals surface area contributed by atoms with Crippen molar-refractivity contribution in [1.82, 2.24) is 15.0 Å². The Morgan fingerprint density at radius 3 is 1.78 bits per heavy atom. The Morgan fingerprint density at radius 1 is 0.356 bits per heavy atom. The second-order valence-corrected chi connectivity index (χ2v) is 11.6. The van der Waals surface area contributed by atoms with Gasteiger partial charge >= 0.3 is 0 Å². The Morgan fingerprint density at radius 2 is 0.956 bits per heavy atom. The van der Waals surface area contributed by atoms with Gasteiger partial charge in [0.05, 0.1) is 0 Å². The van der Waals surface area contributed by atoms with Gasteiger partial charge in [0.1, 0.15) is 0 Å². The van der Waals surface area contributed by atoms with Crippen LogP contribution in [0.25, 0.3) is 78.0 Å². The maximum atomic E-state index is 5.15. The third-order valence-electron chi connectivity index (χ3n) is 8.93. The van der Waals surface area contributed by atoms with Crippen LogP contribution in [0.2, 0.25) is 0 Å². The first-order valence-electron chi connectivity index (χ1n) is 15.3. The van der Waals surface area contributed by atoms with E-state index in [1.54, 1.807) is 0 Å². The molecule has 0 spiro atoms. The fourth-order valence-electron chi connectivity index (χ4n) is 6.72. The molecule has 0 bridgehead atoms. The number of rotatable bonds is 4. The van der Waals surface area contributed by atoms with Gasteiger partial charge in [0, 0.05) is 16.7 Å². The quantitative estimate of drug-likeness (QED) is 0.210. The van der Waals surface area contributed by atoms with E-state index in [0.29, 0.717) is 17.5 Å². The molecule has 0 atom stereocenters. The summed E-state index contributed by atoms with van der Waals surface area (Å²) >= 11 is 0. The minimum atomic E-state index is 0.664. The van der Waals surface area contributed by atoms with Gasteiger partial charge in [-0.3, -0.25) is 0 Å². The summed E-state index contributed by atoms with van der Waals surface area (Å²) in [5.74, 6) is 2.02. The van der Waals surface area contributed by atoms with E-state index >= 15 is 0 Å². The summed E-state index contributed by atoms with van der Waals surface area (Å²) in [6.07, 6.45) is 0.906. The van der Waals surface area contributed by atoms with Crippen molar-refractivity contribution in [2.45, 2.75) is 6.42 Å². The molecule has 7 aromatic carbocycles. The first-order chi connectivity index (χ1) is 22.3. The highest BCUT2D eigenvalue weighted by molar-refractivity contribution is 6.07. The molecule has 0 aliphatic heterocycles. The Bertz CT molecular complexity index is 2390. The van der Waals surface area contributed by atoms with Crippen molar-refractivity contribution in [3.05, 3.63) is 163 Å². The first kappa shape index (κ1) is 25.6. The lowest BCUT2D eigenvalue weighted by Crippen LogP contribution is -2.01. The molecule has 0 radical (unpaired) electrons. The third-order valence-corrected chi connectivity index (χ3v) is 8.93. The molecule has 0 N–H and O–H groups in total. The van der Waals surface area contributed by atoms with Gasteiger partial charge in [0.15, 0.2) is 17.5 Å². The van der Waals surface area contributed by atoms with Crippen LogP contribution in [0.5, 0.6) is 0 Å². The average Bonchev–Trinajstić information content (AvgIpc) is 3.50. The van der Waals surface area contributed by atoms with E-state index in [0.717, 1.165) is 34.1 Å². The molecule has 9 rings (SSSR count). The normalized spacial score (nSPS) is 11.9. The zero-order chi connectivity index (χ0) is 29.7. The number of nitrogens with zero attached hydrogens (tertiary/aromatic N) is 3. The van der Waals surface area contributed by atoms with Crippen molar-refractivity contribution in [2.24, 2.45) is 0 Å². The van der Waals surface area contributed by atoms with Crippen molar-refractivity contribution >= 4 is 21.5 Å². The molecule has 0 unspecified atom stereocenters. The van der Waals surface area contributed by atoms with Crippen molar-refractivity contribution in [3.8, 4) is 56.4 Å².